The fraction of sp³-hybridized carbons (Fsp3) is 0.412. The summed E-state index contributed by atoms with van der Waals surface area (Å²) in [6, 6.07) is 12.1. The first-order chi connectivity index (χ1) is 9.69. The summed E-state index contributed by atoms with van der Waals surface area (Å²) in [5, 5.41) is 10.3. The second-order valence-electron chi connectivity index (χ2n) is 5.90. The van der Waals surface area contributed by atoms with E-state index in [0.29, 0.717) is 5.92 Å². The monoisotopic (exact) mass is 265 g/mol. The van der Waals surface area contributed by atoms with Crippen molar-refractivity contribution >= 4 is 16.7 Å². The van der Waals surface area contributed by atoms with E-state index in [0.717, 1.165) is 41.3 Å². The molecule has 0 radical (unpaired) electrons. The Hall–Kier alpha value is -2.08. The van der Waals surface area contributed by atoms with Crippen molar-refractivity contribution in [2.45, 2.75) is 20.3 Å². The predicted octanol–water partition coefficient (Wildman–Crippen LogP) is 3.59. The molecule has 20 heavy (non-hydrogen) atoms. The van der Waals surface area contributed by atoms with E-state index >= 15 is 0 Å². The zero-order valence-corrected chi connectivity index (χ0v) is 12.0. The van der Waals surface area contributed by atoms with Gasteiger partial charge in [0.25, 0.3) is 0 Å². The third-order valence-corrected chi connectivity index (χ3v) is 4.31. The largest absolute Gasteiger partial charge is 0.356 e. The summed E-state index contributed by atoms with van der Waals surface area (Å²) < 4.78 is 0. The van der Waals surface area contributed by atoms with Crippen LogP contribution in [0.25, 0.3) is 10.9 Å². The van der Waals surface area contributed by atoms with Gasteiger partial charge in [-0.25, -0.2) is 4.98 Å². The average Bonchev–Trinajstić information content (AvgIpc) is 2.96. The van der Waals surface area contributed by atoms with E-state index in [2.05, 4.69) is 24.8 Å². The molecule has 1 aromatic carbocycles. The van der Waals surface area contributed by atoms with Crippen LogP contribution in [-0.2, 0) is 0 Å². The Bertz CT molecular complexity index is 669. The van der Waals surface area contributed by atoms with E-state index in [9.17, 15) is 5.26 Å². The van der Waals surface area contributed by atoms with E-state index in [1.54, 1.807) is 0 Å². The maximum atomic E-state index is 9.35. The number of hydrogen-bond donors (Lipinski definition) is 0. The molecule has 0 bridgehead atoms. The molecule has 0 N–H and O–H groups in total. The van der Waals surface area contributed by atoms with Crippen molar-refractivity contribution in [2.75, 3.05) is 18.0 Å². The first-order valence-corrected chi connectivity index (χ1v) is 7.24. The van der Waals surface area contributed by atoms with Gasteiger partial charge in [-0.2, -0.15) is 5.26 Å². The van der Waals surface area contributed by atoms with Crippen LogP contribution < -0.4 is 4.90 Å². The number of fused-ring (bicyclic) bond motifs is 1. The summed E-state index contributed by atoms with van der Waals surface area (Å²) in [4.78, 5) is 7.05. The second-order valence-corrected chi connectivity index (χ2v) is 5.90. The maximum absolute atomic E-state index is 9.35. The first kappa shape index (κ1) is 12.9. The standard InChI is InChI=1S/C17H19N3/c1-12(2)13-7-8-20(11-13)17-9-14(10-18)15-5-3-4-6-16(15)19-17/h3-6,9,12-13H,7-8,11H2,1-2H3. The lowest BCUT2D eigenvalue weighted by Gasteiger charge is -2.19. The highest BCUT2D eigenvalue weighted by Crippen LogP contribution is 2.29. The van der Waals surface area contributed by atoms with Gasteiger partial charge in [0, 0.05) is 18.5 Å². The van der Waals surface area contributed by atoms with Gasteiger partial charge in [-0.15, -0.1) is 0 Å². The van der Waals surface area contributed by atoms with Crippen LogP contribution in [-0.4, -0.2) is 18.1 Å². The number of aromatic nitrogens is 1. The van der Waals surface area contributed by atoms with Crippen LogP contribution in [0, 0.1) is 23.2 Å². The Labute approximate surface area is 119 Å². The molecule has 1 aromatic heterocycles. The zero-order valence-electron chi connectivity index (χ0n) is 12.0. The Morgan fingerprint density at radius 3 is 2.85 bits per heavy atom. The molecule has 1 saturated heterocycles. The van der Waals surface area contributed by atoms with Gasteiger partial charge in [0.05, 0.1) is 17.1 Å². The quantitative estimate of drug-likeness (QED) is 0.833. The lowest BCUT2D eigenvalue weighted by atomic mass is 9.95. The third kappa shape index (κ3) is 2.22. The van der Waals surface area contributed by atoms with E-state index in [1.807, 2.05) is 30.3 Å². The molecule has 1 aliphatic rings. The number of nitrogens with zero attached hydrogens (tertiary/aromatic N) is 3. The van der Waals surface area contributed by atoms with Gasteiger partial charge in [-0.3, -0.25) is 0 Å². The molecule has 0 spiro atoms. The van der Waals surface area contributed by atoms with Crippen molar-refractivity contribution in [3.63, 3.8) is 0 Å². The minimum Gasteiger partial charge on any atom is -0.356 e. The molecule has 1 unspecified atom stereocenters. The first-order valence-electron chi connectivity index (χ1n) is 7.24. The summed E-state index contributed by atoms with van der Waals surface area (Å²) in [5.41, 5.74) is 1.63. The van der Waals surface area contributed by atoms with E-state index < -0.39 is 0 Å². The third-order valence-electron chi connectivity index (χ3n) is 4.31. The minimum absolute atomic E-state index is 0.705. The average molecular weight is 265 g/mol. The van der Waals surface area contributed by atoms with Gasteiger partial charge < -0.3 is 4.90 Å². The molecule has 3 nitrogen and oxygen atoms in total. The number of hydrogen-bond acceptors (Lipinski definition) is 3. The molecule has 2 aromatic rings. The van der Waals surface area contributed by atoms with Gasteiger partial charge in [0.15, 0.2) is 0 Å². The van der Waals surface area contributed by atoms with Crippen LogP contribution in [0.15, 0.2) is 30.3 Å². The summed E-state index contributed by atoms with van der Waals surface area (Å²) in [5.74, 6) is 2.38. The molecule has 1 fully saturated rings. The van der Waals surface area contributed by atoms with Crippen molar-refractivity contribution in [2.24, 2.45) is 11.8 Å². The molecular formula is C17H19N3. The molecule has 3 rings (SSSR count). The molecular weight excluding hydrogens is 246 g/mol. The van der Waals surface area contributed by atoms with Crippen molar-refractivity contribution in [3.05, 3.63) is 35.9 Å². The highest BCUT2D eigenvalue weighted by molar-refractivity contribution is 5.86. The van der Waals surface area contributed by atoms with E-state index in [1.165, 1.54) is 6.42 Å². The minimum atomic E-state index is 0.705. The maximum Gasteiger partial charge on any atom is 0.130 e. The fourth-order valence-corrected chi connectivity index (χ4v) is 2.96. The normalized spacial score (nSPS) is 18.7. The highest BCUT2D eigenvalue weighted by atomic mass is 15.2. The number of anilines is 1. The molecule has 1 aliphatic heterocycles. The Morgan fingerprint density at radius 2 is 2.15 bits per heavy atom. The van der Waals surface area contributed by atoms with Crippen molar-refractivity contribution in [1.82, 2.24) is 4.98 Å². The number of benzene rings is 1. The Kier molecular flexibility index (Phi) is 3.31. The molecule has 1 atom stereocenters. The van der Waals surface area contributed by atoms with Gasteiger partial charge in [0.2, 0.25) is 0 Å². The van der Waals surface area contributed by atoms with Gasteiger partial charge in [-0.05, 0) is 30.4 Å². The SMILES string of the molecule is CC(C)C1CCN(c2cc(C#N)c3ccccc3n2)C1. The van der Waals surface area contributed by atoms with Crippen LogP contribution in [0.1, 0.15) is 25.8 Å². The lowest BCUT2D eigenvalue weighted by Crippen LogP contribution is -2.22. The summed E-state index contributed by atoms with van der Waals surface area (Å²) in [6.07, 6.45) is 1.22. The number of para-hydroxylation sites is 1. The van der Waals surface area contributed by atoms with E-state index in [4.69, 9.17) is 4.98 Å². The predicted molar refractivity (Wildman–Crippen MR) is 81.6 cm³/mol. The second kappa shape index (κ2) is 5.13. The number of nitriles is 1. The number of rotatable bonds is 2. The van der Waals surface area contributed by atoms with Crippen LogP contribution in [0.2, 0.25) is 0 Å². The lowest BCUT2D eigenvalue weighted by molar-refractivity contribution is 0.422. The van der Waals surface area contributed by atoms with Crippen molar-refractivity contribution in [3.8, 4) is 6.07 Å². The topological polar surface area (TPSA) is 39.9 Å². The van der Waals surface area contributed by atoms with E-state index in [-0.39, 0.29) is 0 Å². The van der Waals surface area contributed by atoms with Crippen LogP contribution in [0.3, 0.4) is 0 Å². The summed E-state index contributed by atoms with van der Waals surface area (Å²) in [6.45, 7) is 6.65. The summed E-state index contributed by atoms with van der Waals surface area (Å²) in [7, 11) is 0. The van der Waals surface area contributed by atoms with Crippen LogP contribution >= 0.6 is 0 Å². The molecule has 2 heterocycles. The Balaban J connectivity index is 1.99. The van der Waals surface area contributed by atoms with Gasteiger partial charge >= 0.3 is 0 Å². The molecule has 0 aliphatic carbocycles. The number of pyridine rings is 1. The molecule has 0 saturated carbocycles. The fourth-order valence-electron chi connectivity index (χ4n) is 2.96. The van der Waals surface area contributed by atoms with Crippen molar-refractivity contribution in [1.29, 1.82) is 5.26 Å². The van der Waals surface area contributed by atoms with Gasteiger partial charge in [-0.1, -0.05) is 32.0 Å². The van der Waals surface area contributed by atoms with Crippen LogP contribution in [0.5, 0.6) is 0 Å². The van der Waals surface area contributed by atoms with Crippen molar-refractivity contribution < 1.29 is 0 Å². The Morgan fingerprint density at radius 1 is 1.35 bits per heavy atom. The van der Waals surface area contributed by atoms with Crippen LogP contribution in [0.4, 0.5) is 5.82 Å². The molecule has 3 heteroatoms. The zero-order chi connectivity index (χ0) is 14.1. The summed E-state index contributed by atoms with van der Waals surface area (Å²) >= 11 is 0. The molecule has 0 amide bonds. The highest BCUT2D eigenvalue weighted by Gasteiger charge is 2.26. The molecule has 102 valence electrons. The smallest absolute Gasteiger partial charge is 0.130 e. The van der Waals surface area contributed by atoms with Gasteiger partial charge in [0.1, 0.15) is 5.82 Å².